The number of halogens is 3. The molecule has 1 fully saturated rings. The van der Waals surface area contributed by atoms with E-state index in [-0.39, 0.29) is 22.6 Å². The molecule has 18 heteroatoms. The van der Waals surface area contributed by atoms with Gasteiger partial charge in [0.15, 0.2) is 17.3 Å². The highest BCUT2D eigenvalue weighted by atomic mass is 32.2. The zero-order chi connectivity index (χ0) is 34.4. The van der Waals surface area contributed by atoms with Crippen LogP contribution in [0.15, 0.2) is 84.9 Å². The molecule has 1 aliphatic heterocycles. The molecule has 3 aromatic carbocycles. The molecule has 0 bridgehead atoms. The predicted molar refractivity (Wildman–Crippen MR) is 157 cm³/mol. The third-order valence-electron chi connectivity index (χ3n) is 6.36. The molecule has 4 rings (SSSR count). The fourth-order valence-corrected chi connectivity index (χ4v) is 5.87. The summed E-state index contributed by atoms with van der Waals surface area (Å²) in [6.07, 6.45) is -8.07. The van der Waals surface area contributed by atoms with Crippen LogP contribution in [0.3, 0.4) is 0 Å². The zero-order valence-electron chi connectivity index (χ0n) is 24.0. The van der Waals surface area contributed by atoms with Gasteiger partial charge in [0.2, 0.25) is 6.29 Å². The summed E-state index contributed by atoms with van der Waals surface area (Å²) in [5.41, 5.74) is -6.32. The molecule has 13 nitrogen and oxygen atoms in total. The van der Waals surface area contributed by atoms with E-state index in [2.05, 4.69) is 4.18 Å². The number of hydrogen-bond acceptors (Lipinski definition) is 13. The van der Waals surface area contributed by atoms with Gasteiger partial charge in [-0.3, -0.25) is 14.9 Å². The Morgan fingerprint density at radius 3 is 1.96 bits per heavy atom. The summed E-state index contributed by atoms with van der Waals surface area (Å²) in [5, 5.41) is 8.91. The molecule has 0 amide bonds. The molecular formula is C29H24F3NO12S2. The lowest BCUT2D eigenvalue weighted by Gasteiger charge is -2.44. The summed E-state index contributed by atoms with van der Waals surface area (Å²) in [6.45, 7) is 0.395. The highest BCUT2D eigenvalue weighted by molar-refractivity contribution is 8.14. The van der Waals surface area contributed by atoms with Crippen LogP contribution in [0.4, 0.5) is 18.9 Å². The van der Waals surface area contributed by atoms with Gasteiger partial charge >= 0.3 is 27.6 Å². The number of esters is 2. The Balaban J connectivity index is 1.78. The number of nitro benzene ring substituents is 1. The van der Waals surface area contributed by atoms with E-state index in [0.717, 1.165) is 31.2 Å². The van der Waals surface area contributed by atoms with Crippen LogP contribution in [0.1, 0.15) is 27.6 Å². The average Bonchev–Trinajstić information content (AvgIpc) is 3.03. The first-order chi connectivity index (χ1) is 22.2. The number of carbonyl (C=O) groups is 3. The number of benzene rings is 3. The Hall–Kier alpha value is -4.52. The van der Waals surface area contributed by atoms with Crippen molar-refractivity contribution in [1.29, 1.82) is 0 Å². The molecular weight excluding hydrogens is 675 g/mol. The SMILES string of the molecule is CC(=O)S[C@H]1[C@H](OC(=O)c2ccccc2)[C@@H](OS(=O)(=O)C(F)(F)F)[C@H](Oc2ccc([N+](=O)[O-])cc2)O[C@@H]1COC(=O)c1ccccc1. The van der Waals surface area contributed by atoms with Crippen molar-refractivity contribution in [2.24, 2.45) is 0 Å². The number of rotatable bonds is 11. The number of nitrogens with zero attached hydrogens (tertiary/aromatic N) is 1. The smallest absolute Gasteiger partial charge is 0.462 e. The Morgan fingerprint density at radius 1 is 0.894 bits per heavy atom. The number of ether oxygens (including phenoxy) is 4. The van der Waals surface area contributed by atoms with Crippen molar-refractivity contribution in [2.45, 2.75) is 42.3 Å². The molecule has 0 N–H and O–H groups in total. The number of non-ortho nitro benzene ring substituents is 1. The first kappa shape index (κ1) is 35.3. The summed E-state index contributed by atoms with van der Waals surface area (Å²) in [4.78, 5) is 48.7. The molecule has 0 radical (unpaired) electrons. The monoisotopic (exact) mass is 699 g/mol. The van der Waals surface area contributed by atoms with Crippen molar-refractivity contribution in [3.8, 4) is 5.75 Å². The third kappa shape index (κ3) is 9.06. The Morgan fingerprint density at radius 2 is 1.45 bits per heavy atom. The molecule has 1 aliphatic rings. The van der Waals surface area contributed by atoms with Gasteiger partial charge < -0.3 is 18.9 Å². The molecule has 0 aliphatic carbocycles. The van der Waals surface area contributed by atoms with E-state index in [1.54, 1.807) is 24.3 Å². The summed E-state index contributed by atoms with van der Waals surface area (Å²) >= 11 is 0.408. The van der Waals surface area contributed by atoms with E-state index in [1.807, 2.05) is 0 Å². The quantitative estimate of drug-likeness (QED) is 0.0889. The molecule has 0 aromatic heterocycles. The van der Waals surface area contributed by atoms with E-state index in [0.29, 0.717) is 11.8 Å². The predicted octanol–water partition coefficient (Wildman–Crippen LogP) is 4.66. The number of nitro groups is 1. The summed E-state index contributed by atoms with van der Waals surface area (Å²) in [6, 6.07) is 18.8. The average molecular weight is 700 g/mol. The van der Waals surface area contributed by atoms with Gasteiger partial charge in [-0.15, -0.1) is 0 Å². The minimum absolute atomic E-state index is 0.0945. The van der Waals surface area contributed by atoms with Crippen molar-refractivity contribution >= 4 is 44.6 Å². The minimum atomic E-state index is -6.43. The number of thioether (sulfide) groups is 1. The first-order valence-electron chi connectivity index (χ1n) is 13.4. The normalized spacial score (nSPS) is 21.3. The van der Waals surface area contributed by atoms with E-state index in [4.69, 9.17) is 18.9 Å². The fraction of sp³-hybridized carbons (Fsp3) is 0.276. The Kier molecular flexibility index (Phi) is 11.2. The largest absolute Gasteiger partial charge is 0.523 e. The van der Waals surface area contributed by atoms with Crippen molar-refractivity contribution in [3.05, 3.63) is 106 Å². The maximum absolute atomic E-state index is 13.6. The summed E-state index contributed by atoms with van der Waals surface area (Å²) in [5.74, 6) is -2.26. The highest BCUT2D eigenvalue weighted by Gasteiger charge is 2.57. The lowest BCUT2D eigenvalue weighted by atomic mass is 10.0. The standard InChI is InChI=1S/C29H24F3NO12S2/c1-17(34)46-25-22(16-41-26(35)18-8-4-2-5-9-18)43-28(42-21-14-12-20(13-15-21)33(37)38)24(45-47(39,40)29(30,31)32)23(25)44-27(36)19-10-6-3-7-11-19/h2-15,22-25,28H,16H2,1H3/t22-,23-,24-,25-,28-/m1/s1. The van der Waals surface area contributed by atoms with Gasteiger partial charge in [-0.05, 0) is 36.4 Å². The number of carbonyl (C=O) groups excluding carboxylic acids is 3. The molecule has 250 valence electrons. The van der Waals surface area contributed by atoms with Crippen LogP contribution >= 0.6 is 11.8 Å². The molecule has 5 atom stereocenters. The number of alkyl halides is 3. The van der Waals surface area contributed by atoms with Crippen molar-refractivity contribution in [3.63, 3.8) is 0 Å². The fourth-order valence-electron chi connectivity index (χ4n) is 4.24. The van der Waals surface area contributed by atoms with Crippen LogP contribution in [-0.2, 0) is 33.3 Å². The van der Waals surface area contributed by atoms with Crippen LogP contribution < -0.4 is 4.74 Å². The van der Waals surface area contributed by atoms with Crippen molar-refractivity contribution < 1.29 is 64.0 Å². The van der Waals surface area contributed by atoms with Crippen molar-refractivity contribution in [1.82, 2.24) is 0 Å². The molecule has 1 saturated heterocycles. The van der Waals surface area contributed by atoms with E-state index in [1.165, 1.54) is 36.4 Å². The molecule has 0 saturated carbocycles. The van der Waals surface area contributed by atoms with E-state index < -0.39 is 74.1 Å². The Labute approximate surface area is 269 Å². The Bertz CT molecular complexity index is 1690. The second-order valence-electron chi connectivity index (χ2n) is 9.65. The van der Waals surface area contributed by atoms with Gasteiger partial charge in [0, 0.05) is 19.1 Å². The van der Waals surface area contributed by atoms with Crippen molar-refractivity contribution in [2.75, 3.05) is 6.61 Å². The molecule has 3 aromatic rings. The van der Waals surface area contributed by atoms with Gasteiger partial charge in [0.05, 0.1) is 21.3 Å². The molecule has 47 heavy (non-hydrogen) atoms. The van der Waals surface area contributed by atoms with Gasteiger partial charge in [0.25, 0.3) is 5.69 Å². The van der Waals surface area contributed by atoms with Crippen LogP contribution in [-0.4, -0.2) is 72.4 Å². The van der Waals surface area contributed by atoms with Gasteiger partial charge in [-0.2, -0.15) is 21.6 Å². The molecule has 0 spiro atoms. The van der Waals surface area contributed by atoms with Gasteiger partial charge in [0.1, 0.15) is 18.5 Å². The topological polar surface area (TPSA) is 175 Å². The van der Waals surface area contributed by atoms with Gasteiger partial charge in [-0.25, -0.2) is 13.8 Å². The maximum atomic E-state index is 13.6. The lowest BCUT2D eigenvalue weighted by Crippen LogP contribution is -2.62. The summed E-state index contributed by atoms with van der Waals surface area (Å²) < 4.78 is 92.3. The highest BCUT2D eigenvalue weighted by Crippen LogP contribution is 2.38. The summed E-state index contributed by atoms with van der Waals surface area (Å²) in [7, 11) is -6.43. The molecule has 1 heterocycles. The van der Waals surface area contributed by atoms with Crippen LogP contribution in [0.5, 0.6) is 5.75 Å². The van der Waals surface area contributed by atoms with Crippen LogP contribution in [0, 0.1) is 10.1 Å². The van der Waals surface area contributed by atoms with Crippen LogP contribution in [0.25, 0.3) is 0 Å². The van der Waals surface area contributed by atoms with Gasteiger partial charge in [-0.1, -0.05) is 48.2 Å². The zero-order valence-corrected chi connectivity index (χ0v) is 25.6. The van der Waals surface area contributed by atoms with E-state index in [9.17, 15) is 46.1 Å². The number of hydrogen-bond donors (Lipinski definition) is 0. The maximum Gasteiger partial charge on any atom is 0.523 e. The lowest BCUT2D eigenvalue weighted by molar-refractivity contribution is -0.384. The molecule has 0 unspecified atom stereocenters. The third-order valence-corrected chi connectivity index (χ3v) is 8.57. The first-order valence-corrected chi connectivity index (χ1v) is 15.7. The van der Waals surface area contributed by atoms with E-state index >= 15 is 0 Å². The minimum Gasteiger partial charge on any atom is -0.462 e. The second-order valence-corrected chi connectivity index (χ2v) is 12.6. The van der Waals surface area contributed by atoms with Crippen LogP contribution in [0.2, 0.25) is 0 Å². The second kappa shape index (κ2) is 14.9.